The third-order valence-electron chi connectivity index (χ3n) is 3.50. The number of nitrogens with zero attached hydrogens (tertiary/aromatic N) is 1. The van der Waals surface area contributed by atoms with Gasteiger partial charge in [-0.15, -0.1) is 0 Å². The molecule has 1 aromatic heterocycles. The molecule has 0 saturated heterocycles. The number of hydrogen-bond donors (Lipinski definition) is 3. The number of amides is 1. The molecule has 4 N–H and O–H groups in total. The minimum atomic E-state index is -0.597. The molecule has 0 spiro atoms. The van der Waals surface area contributed by atoms with Crippen LogP contribution in [0.25, 0.3) is 0 Å². The van der Waals surface area contributed by atoms with E-state index >= 15 is 0 Å². The number of ether oxygens (including phenoxy) is 2. The summed E-state index contributed by atoms with van der Waals surface area (Å²) in [6.07, 6.45) is 0. The van der Waals surface area contributed by atoms with E-state index in [0.29, 0.717) is 24.8 Å². The Morgan fingerprint density at radius 2 is 1.92 bits per heavy atom. The molecule has 0 saturated carbocycles. The Kier molecular flexibility index (Phi) is 6.27. The van der Waals surface area contributed by atoms with Gasteiger partial charge in [0.2, 0.25) is 0 Å². The van der Waals surface area contributed by atoms with E-state index in [1.807, 2.05) is 18.2 Å². The van der Waals surface area contributed by atoms with Crippen LogP contribution < -0.4 is 25.8 Å². The number of aliphatic imine (C=N–C) groups is 1. The van der Waals surface area contributed by atoms with Crippen LogP contribution in [0.3, 0.4) is 0 Å². The van der Waals surface area contributed by atoms with Gasteiger partial charge in [-0.05, 0) is 24.3 Å². The summed E-state index contributed by atoms with van der Waals surface area (Å²) in [5.41, 5.74) is 6.12. The third kappa shape index (κ3) is 4.90. The number of primary amides is 1. The standard InChI is InChI=1S/C17H22N4O4/c1-19-17(21-10-13-6-7-14(25-13)16(18)22)20-9-11-4-5-12(23-2)8-15(11)24-3/h4-8H,9-10H2,1-3H3,(H2,18,22)(H2,19,20,21). The van der Waals surface area contributed by atoms with Crippen molar-refractivity contribution >= 4 is 11.9 Å². The van der Waals surface area contributed by atoms with Gasteiger partial charge in [0.1, 0.15) is 17.3 Å². The van der Waals surface area contributed by atoms with Gasteiger partial charge in [0.05, 0.1) is 20.8 Å². The minimum Gasteiger partial charge on any atom is -0.497 e. The van der Waals surface area contributed by atoms with Crippen LogP contribution in [0.15, 0.2) is 39.7 Å². The van der Waals surface area contributed by atoms with Crippen LogP contribution in [-0.4, -0.2) is 33.1 Å². The molecule has 0 aliphatic heterocycles. The first-order valence-electron chi connectivity index (χ1n) is 7.61. The Balaban J connectivity index is 1.93. The molecule has 0 unspecified atom stereocenters. The number of carbonyl (C=O) groups excluding carboxylic acids is 1. The van der Waals surface area contributed by atoms with E-state index in [0.717, 1.165) is 17.1 Å². The van der Waals surface area contributed by atoms with Gasteiger partial charge in [-0.2, -0.15) is 0 Å². The van der Waals surface area contributed by atoms with Crippen molar-refractivity contribution in [1.29, 1.82) is 0 Å². The van der Waals surface area contributed by atoms with E-state index in [1.54, 1.807) is 27.3 Å². The molecule has 2 rings (SSSR count). The molecular formula is C17H22N4O4. The quantitative estimate of drug-likeness (QED) is 0.514. The molecule has 8 nitrogen and oxygen atoms in total. The molecular weight excluding hydrogens is 324 g/mol. The molecule has 1 heterocycles. The second-order valence-electron chi connectivity index (χ2n) is 5.09. The number of nitrogens with two attached hydrogens (primary N) is 1. The van der Waals surface area contributed by atoms with Crippen molar-refractivity contribution in [2.45, 2.75) is 13.1 Å². The van der Waals surface area contributed by atoms with Crippen molar-refractivity contribution in [2.75, 3.05) is 21.3 Å². The van der Waals surface area contributed by atoms with E-state index in [4.69, 9.17) is 19.6 Å². The van der Waals surface area contributed by atoms with Crippen molar-refractivity contribution < 1.29 is 18.7 Å². The van der Waals surface area contributed by atoms with E-state index in [1.165, 1.54) is 6.07 Å². The van der Waals surface area contributed by atoms with Crippen LogP contribution in [0.2, 0.25) is 0 Å². The van der Waals surface area contributed by atoms with Crippen LogP contribution in [-0.2, 0) is 13.1 Å². The summed E-state index contributed by atoms with van der Waals surface area (Å²) >= 11 is 0. The number of benzene rings is 1. The number of nitrogens with one attached hydrogen (secondary N) is 2. The van der Waals surface area contributed by atoms with Crippen molar-refractivity contribution in [3.05, 3.63) is 47.4 Å². The van der Waals surface area contributed by atoms with Crippen LogP contribution in [0.4, 0.5) is 0 Å². The van der Waals surface area contributed by atoms with Crippen LogP contribution in [0.5, 0.6) is 11.5 Å². The first-order valence-corrected chi connectivity index (χ1v) is 7.61. The normalized spacial score (nSPS) is 11.1. The SMILES string of the molecule is CN=C(NCc1ccc(C(N)=O)o1)NCc1ccc(OC)cc1OC. The van der Waals surface area contributed by atoms with Gasteiger partial charge in [-0.25, -0.2) is 0 Å². The number of carbonyl (C=O) groups is 1. The highest BCUT2D eigenvalue weighted by atomic mass is 16.5. The zero-order chi connectivity index (χ0) is 18.2. The Bertz CT molecular complexity index is 755. The lowest BCUT2D eigenvalue weighted by molar-refractivity contribution is 0.0972. The number of hydrogen-bond acceptors (Lipinski definition) is 5. The molecule has 8 heteroatoms. The Morgan fingerprint density at radius 3 is 2.52 bits per heavy atom. The highest BCUT2D eigenvalue weighted by Gasteiger charge is 2.09. The number of rotatable bonds is 7. The largest absolute Gasteiger partial charge is 0.497 e. The molecule has 134 valence electrons. The topological polar surface area (TPSA) is 111 Å². The zero-order valence-corrected chi connectivity index (χ0v) is 14.5. The molecule has 2 aromatic rings. The Morgan fingerprint density at radius 1 is 1.16 bits per heavy atom. The predicted molar refractivity (Wildman–Crippen MR) is 93.8 cm³/mol. The summed E-state index contributed by atoms with van der Waals surface area (Å²) in [7, 11) is 4.88. The third-order valence-corrected chi connectivity index (χ3v) is 3.50. The lowest BCUT2D eigenvalue weighted by Gasteiger charge is -2.14. The summed E-state index contributed by atoms with van der Waals surface area (Å²) in [5.74, 6) is 2.14. The van der Waals surface area contributed by atoms with Gasteiger partial charge in [-0.3, -0.25) is 9.79 Å². The molecule has 0 aliphatic rings. The second kappa shape index (κ2) is 8.62. The van der Waals surface area contributed by atoms with E-state index < -0.39 is 5.91 Å². The van der Waals surface area contributed by atoms with Gasteiger partial charge in [0.25, 0.3) is 5.91 Å². The zero-order valence-electron chi connectivity index (χ0n) is 14.5. The molecule has 0 aliphatic carbocycles. The minimum absolute atomic E-state index is 0.128. The van der Waals surface area contributed by atoms with E-state index in [2.05, 4.69) is 15.6 Å². The first kappa shape index (κ1) is 18.2. The molecule has 0 bridgehead atoms. The summed E-state index contributed by atoms with van der Waals surface area (Å²) in [6.45, 7) is 0.879. The predicted octanol–water partition coefficient (Wildman–Crippen LogP) is 1.26. The van der Waals surface area contributed by atoms with Crippen LogP contribution in [0, 0.1) is 0 Å². The average Bonchev–Trinajstić information content (AvgIpc) is 3.11. The fourth-order valence-corrected chi connectivity index (χ4v) is 2.17. The number of furan rings is 1. The van der Waals surface area contributed by atoms with Crippen molar-refractivity contribution in [3.63, 3.8) is 0 Å². The molecule has 0 fully saturated rings. The fourth-order valence-electron chi connectivity index (χ4n) is 2.17. The lowest BCUT2D eigenvalue weighted by atomic mass is 10.2. The molecule has 1 amide bonds. The maximum atomic E-state index is 11.0. The fraction of sp³-hybridized carbons (Fsp3) is 0.294. The first-order chi connectivity index (χ1) is 12.1. The molecule has 0 atom stereocenters. The highest BCUT2D eigenvalue weighted by molar-refractivity contribution is 5.89. The van der Waals surface area contributed by atoms with Crippen LogP contribution in [0.1, 0.15) is 21.9 Å². The second-order valence-corrected chi connectivity index (χ2v) is 5.09. The summed E-state index contributed by atoms with van der Waals surface area (Å²) in [6, 6.07) is 8.83. The molecule has 25 heavy (non-hydrogen) atoms. The number of guanidine groups is 1. The molecule has 1 aromatic carbocycles. The van der Waals surface area contributed by atoms with Gasteiger partial charge < -0.3 is 30.3 Å². The van der Waals surface area contributed by atoms with E-state index in [-0.39, 0.29) is 5.76 Å². The van der Waals surface area contributed by atoms with Crippen molar-refractivity contribution in [1.82, 2.24) is 10.6 Å². The van der Waals surface area contributed by atoms with Crippen molar-refractivity contribution in [3.8, 4) is 11.5 Å². The van der Waals surface area contributed by atoms with Gasteiger partial charge in [0, 0.05) is 25.2 Å². The summed E-state index contributed by atoms with van der Waals surface area (Å²) in [4.78, 5) is 15.2. The summed E-state index contributed by atoms with van der Waals surface area (Å²) in [5, 5.41) is 6.28. The van der Waals surface area contributed by atoms with Gasteiger partial charge >= 0.3 is 0 Å². The van der Waals surface area contributed by atoms with Gasteiger partial charge in [0.15, 0.2) is 11.7 Å². The smallest absolute Gasteiger partial charge is 0.284 e. The molecule has 0 radical (unpaired) electrons. The van der Waals surface area contributed by atoms with Gasteiger partial charge in [-0.1, -0.05) is 0 Å². The number of methoxy groups -OCH3 is 2. The maximum Gasteiger partial charge on any atom is 0.284 e. The average molecular weight is 346 g/mol. The summed E-state index contributed by atoms with van der Waals surface area (Å²) < 4.78 is 15.9. The Hall–Kier alpha value is -3.16. The Labute approximate surface area is 146 Å². The van der Waals surface area contributed by atoms with Crippen LogP contribution >= 0.6 is 0 Å². The highest BCUT2D eigenvalue weighted by Crippen LogP contribution is 2.24. The van der Waals surface area contributed by atoms with E-state index in [9.17, 15) is 4.79 Å². The maximum absolute atomic E-state index is 11.0. The monoisotopic (exact) mass is 346 g/mol. The lowest BCUT2D eigenvalue weighted by Crippen LogP contribution is -2.36. The van der Waals surface area contributed by atoms with Crippen molar-refractivity contribution in [2.24, 2.45) is 10.7 Å².